The second kappa shape index (κ2) is 8.88. The molecule has 0 radical (unpaired) electrons. The Morgan fingerprint density at radius 1 is 1.26 bits per heavy atom. The van der Waals surface area contributed by atoms with Crippen molar-refractivity contribution in [3.63, 3.8) is 0 Å². The molecule has 0 aromatic rings. The number of nitrogens with zero attached hydrogens (tertiary/aromatic N) is 1. The maximum atomic E-state index is 12.4. The van der Waals surface area contributed by atoms with Crippen molar-refractivity contribution < 1.29 is 14.6 Å². The van der Waals surface area contributed by atoms with Gasteiger partial charge in [0.05, 0.1) is 6.10 Å². The monoisotopic (exact) mass is 326 g/mol. The van der Waals surface area contributed by atoms with Crippen molar-refractivity contribution in [3.05, 3.63) is 0 Å². The van der Waals surface area contributed by atoms with Crippen molar-refractivity contribution >= 4 is 6.03 Å². The summed E-state index contributed by atoms with van der Waals surface area (Å²) in [7, 11) is 3.58. The molecule has 2 unspecified atom stereocenters. The summed E-state index contributed by atoms with van der Waals surface area (Å²) in [5.74, 6) is 0.230. The standard InChI is InChI=1S/C18H34N2O3/c1-20(13-15-7-3-4-8-16(15)21)17(22)19-14-18(11-12-23-2)9-5-6-10-18/h15-16,21H,3-14H2,1-2H3,(H,19,22). The second-order valence-corrected chi connectivity index (χ2v) is 7.60. The molecule has 2 aliphatic carbocycles. The fraction of sp³-hybridized carbons (Fsp3) is 0.944. The highest BCUT2D eigenvalue weighted by molar-refractivity contribution is 5.73. The zero-order valence-corrected chi connectivity index (χ0v) is 14.9. The molecule has 0 saturated heterocycles. The predicted molar refractivity (Wildman–Crippen MR) is 91.4 cm³/mol. The van der Waals surface area contributed by atoms with Gasteiger partial charge in [0.1, 0.15) is 0 Å². The van der Waals surface area contributed by atoms with E-state index in [0.29, 0.717) is 6.54 Å². The Hall–Kier alpha value is -0.810. The van der Waals surface area contributed by atoms with Crippen LogP contribution in [0.25, 0.3) is 0 Å². The molecule has 5 nitrogen and oxygen atoms in total. The van der Waals surface area contributed by atoms with Crippen LogP contribution in [0.2, 0.25) is 0 Å². The van der Waals surface area contributed by atoms with Crippen LogP contribution in [-0.2, 0) is 4.74 Å². The number of urea groups is 1. The Labute approximate surface area is 140 Å². The van der Waals surface area contributed by atoms with E-state index in [0.717, 1.165) is 45.3 Å². The molecule has 0 bridgehead atoms. The number of rotatable bonds is 7. The minimum Gasteiger partial charge on any atom is -0.393 e. The maximum absolute atomic E-state index is 12.4. The van der Waals surface area contributed by atoms with Crippen molar-refractivity contribution in [2.24, 2.45) is 11.3 Å². The van der Waals surface area contributed by atoms with Crippen LogP contribution in [0, 0.1) is 11.3 Å². The van der Waals surface area contributed by atoms with Gasteiger partial charge in [-0.2, -0.15) is 0 Å². The number of hydrogen-bond donors (Lipinski definition) is 2. The lowest BCUT2D eigenvalue weighted by Crippen LogP contribution is -2.46. The van der Waals surface area contributed by atoms with E-state index in [1.54, 1.807) is 12.0 Å². The van der Waals surface area contributed by atoms with E-state index in [2.05, 4.69) is 5.32 Å². The first-order valence-corrected chi connectivity index (χ1v) is 9.22. The van der Waals surface area contributed by atoms with Crippen LogP contribution in [0.15, 0.2) is 0 Å². The highest BCUT2D eigenvalue weighted by Gasteiger charge is 2.34. The molecule has 5 heteroatoms. The predicted octanol–water partition coefficient (Wildman–Crippen LogP) is 2.78. The summed E-state index contributed by atoms with van der Waals surface area (Å²) in [6, 6.07) is -0.00790. The average molecular weight is 326 g/mol. The third-order valence-electron chi connectivity index (χ3n) is 5.84. The van der Waals surface area contributed by atoms with Gasteiger partial charge in [-0.3, -0.25) is 0 Å². The number of methoxy groups -OCH3 is 1. The number of aliphatic hydroxyl groups is 1. The maximum Gasteiger partial charge on any atom is 0.317 e. The zero-order valence-electron chi connectivity index (χ0n) is 14.9. The van der Waals surface area contributed by atoms with Crippen LogP contribution in [0.5, 0.6) is 0 Å². The summed E-state index contributed by atoms with van der Waals surface area (Å²) in [4.78, 5) is 14.1. The molecule has 2 aliphatic rings. The lowest BCUT2D eigenvalue weighted by atomic mass is 9.83. The van der Waals surface area contributed by atoms with Crippen LogP contribution in [0.4, 0.5) is 4.79 Å². The van der Waals surface area contributed by atoms with Crippen molar-refractivity contribution in [2.45, 2.75) is 63.9 Å². The van der Waals surface area contributed by atoms with Crippen molar-refractivity contribution in [2.75, 3.05) is 33.9 Å². The molecule has 0 heterocycles. The van der Waals surface area contributed by atoms with Crippen LogP contribution in [-0.4, -0.2) is 56.0 Å². The van der Waals surface area contributed by atoms with E-state index in [-0.39, 0.29) is 23.5 Å². The van der Waals surface area contributed by atoms with Gasteiger partial charge < -0.3 is 20.1 Å². The fourth-order valence-electron chi connectivity index (χ4n) is 4.19. The number of carbonyl (C=O) groups excluding carboxylic acids is 1. The highest BCUT2D eigenvalue weighted by Crippen LogP contribution is 2.40. The largest absolute Gasteiger partial charge is 0.393 e. The molecular weight excluding hydrogens is 292 g/mol. The highest BCUT2D eigenvalue weighted by atomic mass is 16.5. The summed E-state index contributed by atoms with van der Waals surface area (Å²) in [6.45, 7) is 2.16. The first-order valence-electron chi connectivity index (χ1n) is 9.22. The molecule has 0 aliphatic heterocycles. The lowest BCUT2D eigenvalue weighted by molar-refractivity contribution is 0.0560. The van der Waals surface area contributed by atoms with Crippen LogP contribution in [0.1, 0.15) is 57.8 Å². The van der Waals surface area contributed by atoms with Gasteiger partial charge in [-0.15, -0.1) is 0 Å². The molecule has 23 heavy (non-hydrogen) atoms. The van der Waals surface area contributed by atoms with Crippen LogP contribution in [0.3, 0.4) is 0 Å². The molecule has 0 aromatic heterocycles. The topological polar surface area (TPSA) is 61.8 Å². The van der Waals surface area contributed by atoms with Gasteiger partial charge in [-0.1, -0.05) is 25.7 Å². The number of nitrogens with one attached hydrogen (secondary N) is 1. The van der Waals surface area contributed by atoms with Crippen molar-refractivity contribution in [1.82, 2.24) is 10.2 Å². The molecule has 2 amide bonds. The van der Waals surface area contributed by atoms with Crippen molar-refractivity contribution in [3.8, 4) is 0 Å². The number of aliphatic hydroxyl groups excluding tert-OH is 1. The molecule has 0 spiro atoms. The Morgan fingerprint density at radius 2 is 1.96 bits per heavy atom. The minimum atomic E-state index is -0.248. The summed E-state index contributed by atoms with van der Waals surface area (Å²) < 4.78 is 5.24. The van der Waals surface area contributed by atoms with E-state index in [4.69, 9.17) is 4.74 Å². The van der Waals surface area contributed by atoms with Crippen molar-refractivity contribution in [1.29, 1.82) is 0 Å². The SMILES string of the molecule is COCCC1(CNC(=O)N(C)CC2CCCCC2O)CCCC1. The fourth-order valence-corrected chi connectivity index (χ4v) is 4.19. The summed E-state index contributed by atoms with van der Waals surface area (Å²) >= 11 is 0. The van der Waals surface area contributed by atoms with Gasteiger partial charge in [0.2, 0.25) is 0 Å². The Morgan fingerprint density at radius 3 is 2.61 bits per heavy atom. The van der Waals surface area contributed by atoms with Crippen LogP contribution < -0.4 is 5.32 Å². The second-order valence-electron chi connectivity index (χ2n) is 7.60. The summed E-state index contributed by atoms with van der Waals surface area (Å²) in [5.41, 5.74) is 0.219. The summed E-state index contributed by atoms with van der Waals surface area (Å²) in [5, 5.41) is 13.2. The lowest BCUT2D eigenvalue weighted by Gasteiger charge is -2.33. The summed E-state index contributed by atoms with van der Waals surface area (Å²) in [6.07, 6.45) is 9.82. The van der Waals surface area contributed by atoms with Gasteiger partial charge in [-0.05, 0) is 37.5 Å². The molecule has 134 valence electrons. The zero-order chi connectivity index (χ0) is 16.7. The number of carbonyl (C=O) groups is 1. The average Bonchev–Trinajstić information content (AvgIpc) is 3.02. The van der Waals surface area contributed by atoms with E-state index >= 15 is 0 Å². The molecule has 2 saturated carbocycles. The molecule has 2 N–H and O–H groups in total. The van der Waals surface area contributed by atoms with E-state index < -0.39 is 0 Å². The number of amides is 2. The van der Waals surface area contributed by atoms with E-state index in [9.17, 15) is 9.90 Å². The number of hydrogen-bond acceptors (Lipinski definition) is 3. The third-order valence-corrected chi connectivity index (χ3v) is 5.84. The van der Waals surface area contributed by atoms with E-state index in [1.165, 1.54) is 25.7 Å². The first-order chi connectivity index (χ1) is 11.1. The quantitative estimate of drug-likeness (QED) is 0.756. The Kier molecular flexibility index (Phi) is 7.15. The Balaban J connectivity index is 1.78. The molecular formula is C18H34N2O3. The van der Waals surface area contributed by atoms with Gasteiger partial charge in [0.15, 0.2) is 0 Å². The molecule has 2 atom stereocenters. The van der Waals surface area contributed by atoms with E-state index in [1.807, 2.05) is 7.05 Å². The first kappa shape index (κ1) is 18.5. The smallest absolute Gasteiger partial charge is 0.317 e. The van der Waals surface area contributed by atoms with Gasteiger partial charge in [0, 0.05) is 39.8 Å². The minimum absolute atomic E-state index is 0.00790. The molecule has 0 aromatic carbocycles. The number of ether oxygens (including phenoxy) is 1. The third kappa shape index (κ3) is 5.35. The Bertz CT molecular complexity index is 369. The van der Waals surface area contributed by atoms with Crippen LogP contribution >= 0.6 is 0 Å². The van der Waals surface area contributed by atoms with Gasteiger partial charge in [-0.25, -0.2) is 4.79 Å². The van der Waals surface area contributed by atoms with Gasteiger partial charge in [0.25, 0.3) is 0 Å². The molecule has 2 rings (SSSR count). The molecule has 2 fully saturated rings. The van der Waals surface area contributed by atoms with Gasteiger partial charge >= 0.3 is 6.03 Å². The normalized spacial score (nSPS) is 26.9.